The Hall–Kier alpha value is -1.74. The molecule has 2 aromatic rings. The fraction of sp³-hybridized carbons (Fsp3) is 0.250. The first-order chi connectivity index (χ1) is 9.54. The van der Waals surface area contributed by atoms with Crippen LogP contribution in [-0.2, 0) is 6.42 Å². The molecule has 0 fully saturated rings. The number of aryl methyl sites for hydroxylation is 1. The minimum Gasteiger partial charge on any atom is -0.508 e. The molecule has 0 bridgehead atoms. The average Bonchev–Trinajstić information content (AvgIpc) is 2.42. The van der Waals surface area contributed by atoms with Crippen LogP contribution in [-0.4, -0.2) is 11.1 Å². The Morgan fingerprint density at radius 2 is 1.90 bits per heavy atom. The first kappa shape index (κ1) is 14.7. The van der Waals surface area contributed by atoms with E-state index < -0.39 is 5.82 Å². The number of hydrogen-bond donors (Lipinski definition) is 2. The molecule has 20 heavy (non-hydrogen) atoms. The normalized spacial score (nSPS) is 12.2. The molecule has 2 N–H and O–H groups in total. The number of nitrogens with one attached hydrogen (secondary N) is 1. The largest absolute Gasteiger partial charge is 0.508 e. The molecule has 0 aliphatic carbocycles. The van der Waals surface area contributed by atoms with Gasteiger partial charge in [0.2, 0.25) is 0 Å². The van der Waals surface area contributed by atoms with Gasteiger partial charge in [0, 0.05) is 11.7 Å². The van der Waals surface area contributed by atoms with Gasteiger partial charge in [0.05, 0.1) is 5.02 Å². The molecule has 0 aliphatic rings. The van der Waals surface area contributed by atoms with Crippen LogP contribution in [0.1, 0.15) is 18.9 Å². The molecule has 1 atom stereocenters. The number of halogens is 2. The second-order valence-electron chi connectivity index (χ2n) is 4.88. The van der Waals surface area contributed by atoms with Gasteiger partial charge in [-0.05, 0) is 55.7 Å². The van der Waals surface area contributed by atoms with Crippen molar-refractivity contribution in [3.05, 3.63) is 58.9 Å². The summed E-state index contributed by atoms with van der Waals surface area (Å²) in [6.45, 7) is 2.05. The third kappa shape index (κ3) is 4.14. The summed E-state index contributed by atoms with van der Waals surface area (Å²) in [5.41, 5.74) is 1.89. The third-order valence-corrected chi connectivity index (χ3v) is 3.44. The van der Waals surface area contributed by atoms with Crippen LogP contribution in [0.25, 0.3) is 0 Å². The standard InChI is InChI=1S/C16H17ClFNO/c1-11(2-3-12-4-7-14(20)8-5-12)19-13-6-9-15(17)16(18)10-13/h4-11,19-20H,2-3H2,1H3. The van der Waals surface area contributed by atoms with Crippen LogP contribution in [0.15, 0.2) is 42.5 Å². The maximum atomic E-state index is 13.3. The number of phenols is 1. The van der Waals surface area contributed by atoms with Gasteiger partial charge in [-0.3, -0.25) is 0 Å². The predicted molar refractivity (Wildman–Crippen MR) is 80.9 cm³/mol. The van der Waals surface area contributed by atoms with Crippen molar-refractivity contribution in [1.29, 1.82) is 0 Å². The van der Waals surface area contributed by atoms with Gasteiger partial charge in [-0.25, -0.2) is 4.39 Å². The van der Waals surface area contributed by atoms with Gasteiger partial charge < -0.3 is 10.4 Å². The van der Waals surface area contributed by atoms with Crippen molar-refractivity contribution < 1.29 is 9.50 Å². The zero-order valence-electron chi connectivity index (χ0n) is 11.2. The van der Waals surface area contributed by atoms with Crippen molar-refractivity contribution in [2.24, 2.45) is 0 Å². The Morgan fingerprint density at radius 3 is 2.55 bits per heavy atom. The van der Waals surface area contributed by atoms with Crippen molar-refractivity contribution in [3.8, 4) is 5.75 Å². The molecular formula is C16H17ClFNO. The highest BCUT2D eigenvalue weighted by molar-refractivity contribution is 6.30. The highest BCUT2D eigenvalue weighted by atomic mass is 35.5. The van der Waals surface area contributed by atoms with Crippen molar-refractivity contribution in [3.63, 3.8) is 0 Å². The number of anilines is 1. The van der Waals surface area contributed by atoms with Crippen LogP contribution in [0.2, 0.25) is 5.02 Å². The molecule has 0 spiro atoms. The third-order valence-electron chi connectivity index (χ3n) is 3.14. The zero-order valence-corrected chi connectivity index (χ0v) is 12.0. The lowest BCUT2D eigenvalue weighted by Gasteiger charge is -2.15. The summed E-state index contributed by atoms with van der Waals surface area (Å²) in [5.74, 6) is -0.140. The molecule has 0 aromatic heterocycles. The molecule has 1 unspecified atom stereocenters. The van der Waals surface area contributed by atoms with Crippen molar-refractivity contribution >= 4 is 17.3 Å². The molecule has 0 saturated carbocycles. The van der Waals surface area contributed by atoms with E-state index >= 15 is 0 Å². The maximum absolute atomic E-state index is 13.3. The molecule has 2 rings (SSSR count). The van der Waals surface area contributed by atoms with Crippen LogP contribution < -0.4 is 5.32 Å². The Morgan fingerprint density at radius 1 is 1.20 bits per heavy atom. The molecule has 0 saturated heterocycles. The summed E-state index contributed by atoms with van der Waals surface area (Å²) in [5, 5.41) is 12.6. The van der Waals surface area contributed by atoms with Gasteiger partial charge >= 0.3 is 0 Å². The highest BCUT2D eigenvalue weighted by Crippen LogP contribution is 2.20. The zero-order chi connectivity index (χ0) is 14.5. The lowest BCUT2D eigenvalue weighted by Crippen LogP contribution is -2.16. The number of phenolic OH excluding ortho intramolecular Hbond substituents is 1. The first-order valence-electron chi connectivity index (χ1n) is 6.54. The van der Waals surface area contributed by atoms with Crippen molar-refractivity contribution in [2.45, 2.75) is 25.8 Å². The summed E-state index contributed by atoms with van der Waals surface area (Å²) < 4.78 is 13.3. The monoisotopic (exact) mass is 293 g/mol. The summed E-state index contributed by atoms with van der Waals surface area (Å²) in [6.07, 6.45) is 1.81. The average molecular weight is 294 g/mol. The van der Waals surface area contributed by atoms with E-state index in [1.165, 1.54) is 11.6 Å². The quantitative estimate of drug-likeness (QED) is 0.843. The van der Waals surface area contributed by atoms with E-state index in [1.54, 1.807) is 24.3 Å². The van der Waals surface area contributed by atoms with Gasteiger partial charge in [-0.1, -0.05) is 23.7 Å². The van der Waals surface area contributed by atoms with Crippen molar-refractivity contribution in [1.82, 2.24) is 0 Å². The van der Waals surface area contributed by atoms with Crippen LogP contribution in [0.5, 0.6) is 5.75 Å². The fourth-order valence-electron chi connectivity index (χ4n) is 1.99. The van der Waals surface area contributed by atoms with Gasteiger partial charge in [0.15, 0.2) is 0 Å². The van der Waals surface area contributed by atoms with E-state index in [0.29, 0.717) is 0 Å². The Balaban J connectivity index is 1.87. The molecule has 0 amide bonds. The van der Waals surface area contributed by atoms with Gasteiger partial charge in [0.1, 0.15) is 11.6 Å². The number of hydrogen-bond acceptors (Lipinski definition) is 2. The molecular weight excluding hydrogens is 277 g/mol. The Bertz CT molecular complexity index is 571. The van der Waals surface area contributed by atoms with E-state index in [0.717, 1.165) is 18.5 Å². The van der Waals surface area contributed by atoms with Crippen LogP contribution in [0, 0.1) is 5.82 Å². The molecule has 106 valence electrons. The summed E-state index contributed by atoms with van der Waals surface area (Å²) in [6, 6.07) is 12.1. The van der Waals surface area contributed by atoms with E-state index in [4.69, 9.17) is 11.6 Å². The van der Waals surface area contributed by atoms with Gasteiger partial charge in [-0.15, -0.1) is 0 Å². The molecule has 0 radical (unpaired) electrons. The second kappa shape index (κ2) is 6.62. The van der Waals surface area contributed by atoms with Gasteiger partial charge in [-0.2, -0.15) is 0 Å². The summed E-state index contributed by atoms with van der Waals surface area (Å²) >= 11 is 5.65. The molecule has 0 heterocycles. The molecule has 0 aliphatic heterocycles. The SMILES string of the molecule is CC(CCc1ccc(O)cc1)Nc1ccc(Cl)c(F)c1. The van der Waals surface area contributed by atoms with Crippen LogP contribution in [0.4, 0.5) is 10.1 Å². The van der Waals surface area contributed by atoms with Crippen molar-refractivity contribution in [2.75, 3.05) is 5.32 Å². The topological polar surface area (TPSA) is 32.3 Å². The second-order valence-corrected chi connectivity index (χ2v) is 5.29. The van der Waals surface area contributed by atoms with Gasteiger partial charge in [0.25, 0.3) is 0 Å². The smallest absolute Gasteiger partial charge is 0.143 e. The maximum Gasteiger partial charge on any atom is 0.143 e. The Labute approximate surface area is 123 Å². The predicted octanol–water partition coefficient (Wildman–Crippen LogP) is 4.62. The number of aromatic hydroxyl groups is 1. The summed E-state index contributed by atoms with van der Waals surface area (Å²) in [7, 11) is 0. The van der Waals surface area contributed by atoms with E-state index in [1.807, 2.05) is 19.1 Å². The highest BCUT2D eigenvalue weighted by Gasteiger charge is 2.05. The van der Waals surface area contributed by atoms with Crippen LogP contribution in [0.3, 0.4) is 0 Å². The molecule has 2 nitrogen and oxygen atoms in total. The minimum absolute atomic E-state index is 0.132. The lowest BCUT2D eigenvalue weighted by molar-refractivity contribution is 0.475. The Kier molecular flexibility index (Phi) is 4.85. The van der Waals surface area contributed by atoms with E-state index in [9.17, 15) is 9.50 Å². The fourth-order valence-corrected chi connectivity index (χ4v) is 2.11. The first-order valence-corrected chi connectivity index (χ1v) is 6.92. The lowest BCUT2D eigenvalue weighted by atomic mass is 10.1. The molecule has 4 heteroatoms. The van der Waals surface area contributed by atoms with E-state index in [-0.39, 0.29) is 16.8 Å². The minimum atomic E-state index is -0.414. The summed E-state index contributed by atoms with van der Waals surface area (Å²) in [4.78, 5) is 0. The number of rotatable bonds is 5. The number of benzene rings is 2. The van der Waals surface area contributed by atoms with E-state index in [2.05, 4.69) is 5.32 Å². The molecule has 2 aromatic carbocycles. The van der Waals surface area contributed by atoms with Crippen LogP contribution >= 0.6 is 11.6 Å².